The second-order valence-corrected chi connectivity index (χ2v) is 7.13. The van der Waals surface area contributed by atoms with Crippen molar-refractivity contribution in [2.24, 2.45) is 0 Å². The summed E-state index contributed by atoms with van der Waals surface area (Å²) in [7, 11) is 0. The largest absolute Gasteiger partial charge is 0.512 e. The van der Waals surface area contributed by atoms with Crippen molar-refractivity contribution in [2.45, 2.75) is 26.7 Å². The van der Waals surface area contributed by atoms with Crippen molar-refractivity contribution < 1.29 is 24.5 Å². The number of phenols is 1. The molecule has 142 valence electrons. The predicted octanol–water partition coefficient (Wildman–Crippen LogP) is 6.46. The molecule has 1 heterocycles. The normalized spacial score (nSPS) is 11.2. The van der Waals surface area contributed by atoms with E-state index in [1.165, 1.54) is 0 Å². The first kappa shape index (κ1) is 19.2. The van der Waals surface area contributed by atoms with Crippen LogP contribution in [-0.2, 0) is 0 Å². The maximum Gasteiger partial charge on any atom is 0.512 e. The van der Waals surface area contributed by atoms with E-state index in [0.29, 0.717) is 22.2 Å². The Morgan fingerprint density at radius 1 is 1.22 bits per heavy atom. The van der Waals surface area contributed by atoms with Crippen LogP contribution in [0.15, 0.2) is 24.3 Å². The molecule has 0 aliphatic carbocycles. The van der Waals surface area contributed by atoms with Crippen LogP contribution in [0.25, 0.3) is 10.9 Å². The van der Waals surface area contributed by atoms with Crippen molar-refractivity contribution >= 4 is 40.3 Å². The molecule has 0 aliphatic rings. The number of carboxylic acid groups (broad SMARTS) is 1. The molecule has 0 saturated heterocycles. The lowest BCUT2D eigenvalue weighted by Gasteiger charge is -2.14. The minimum atomic E-state index is -1.44. The molecule has 0 spiro atoms. The number of halogens is 2. The number of aromatic amines is 1. The van der Waals surface area contributed by atoms with Crippen molar-refractivity contribution in [3.05, 3.63) is 45.4 Å². The molecule has 0 amide bonds. The summed E-state index contributed by atoms with van der Waals surface area (Å²) in [5, 5.41) is 19.8. The Morgan fingerprint density at radius 2 is 1.93 bits per heavy atom. The minimum Gasteiger partial charge on any atom is -0.508 e. The average Bonchev–Trinajstić information content (AvgIpc) is 2.87. The van der Waals surface area contributed by atoms with Gasteiger partial charge >= 0.3 is 6.16 Å². The number of aromatic hydroxyl groups is 1. The van der Waals surface area contributed by atoms with Crippen LogP contribution in [0.2, 0.25) is 10.0 Å². The quantitative estimate of drug-likeness (QED) is 0.429. The fourth-order valence-electron chi connectivity index (χ4n) is 2.86. The van der Waals surface area contributed by atoms with Crippen LogP contribution in [0.5, 0.6) is 23.1 Å². The highest BCUT2D eigenvalue weighted by Crippen LogP contribution is 2.45. The Balaban J connectivity index is 2.08. The number of H-pyrrole nitrogens is 1. The predicted molar refractivity (Wildman–Crippen MR) is 104 cm³/mol. The summed E-state index contributed by atoms with van der Waals surface area (Å²) in [6, 6.07) is 6.47. The molecule has 1 aromatic heterocycles. The van der Waals surface area contributed by atoms with Crippen LogP contribution >= 0.6 is 23.2 Å². The number of fused-ring (bicyclic) bond motifs is 1. The highest BCUT2D eigenvalue weighted by atomic mass is 35.5. The maximum absolute atomic E-state index is 10.8. The molecule has 3 rings (SSSR count). The molecule has 0 saturated carbocycles. The standard InChI is InChI=1S/C19H17Cl2NO5/c1-8(2)11-6-10(4-5-14(11)23)26-17-12(20)7-13-15(16(17)21)9(3)18(22-13)27-19(24)25/h4-8,22-23H,1-3H3,(H,24,25). The van der Waals surface area contributed by atoms with E-state index in [2.05, 4.69) is 4.98 Å². The number of hydrogen-bond donors (Lipinski definition) is 3. The van der Waals surface area contributed by atoms with Gasteiger partial charge in [-0.3, -0.25) is 0 Å². The molecule has 3 aromatic rings. The molecule has 0 bridgehead atoms. The summed E-state index contributed by atoms with van der Waals surface area (Å²) in [5.41, 5.74) is 1.78. The van der Waals surface area contributed by atoms with E-state index in [-0.39, 0.29) is 33.3 Å². The Kier molecular flexibility index (Phi) is 5.13. The number of carbonyl (C=O) groups is 1. The van der Waals surface area contributed by atoms with E-state index in [1.807, 2.05) is 13.8 Å². The van der Waals surface area contributed by atoms with E-state index in [0.717, 1.165) is 5.56 Å². The molecule has 0 radical (unpaired) electrons. The van der Waals surface area contributed by atoms with Gasteiger partial charge in [-0.05, 0) is 37.1 Å². The van der Waals surface area contributed by atoms with Crippen molar-refractivity contribution in [3.8, 4) is 23.1 Å². The van der Waals surface area contributed by atoms with E-state index in [1.54, 1.807) is 31.2 Å². The van der Waals surface area contributed by atoms with Gasteiger partial charge in [0.1, 0.15) is 11.5 Å². The second kappa shape index (κ2) is 7.21. The van der Waals surface area contributed by atoms with Crippen molar-refractivity contribution in [1.82, 2.24) is 4.98 Å². The third-order valence-corrected chi connectivity index (χ3v) is 4.81. The lowest BCUT2D eigenvalue weighted by atomic mass is 10.0. The van der Waals surface area contributed by atoms with Gasteiger partial charge in [0.15, 0.2) is 5.75 Å². The molecule has 0 unspecified atom stereocenters. The van der Waals surface area contributed by atoms with Crippen molar-refractivity contribution in [1.29, 1.82) is 0 Å². The fraction of sp³-hybridized carbons (Fsp3) is 0.211. The van der Waals surface area contributed by atoms with Gasteiger partial charge in [0, 0.05) is 16.5 Å². The second-order valence-electron chi connectivity index (χ2n) is 6.35. The monoisotopic (exact) mass is 409 g/mol. The summed E-state index contributed by atoms with van der Waals surface area (Å²) in [4.78, 5) is 13.7. The number of aryl methyl sites for hydroxylation is 1. The number of rotatable bonds is 4. The lowest BCUT2D eigenvalue weighted by Crippen LogP contribution is -2.03. The van der Waals surface area contributed by atoms with Gasteiger partial charge < -0.3 is 24.7 Å². The van der Waals surface area contributed by atoms with E-state index >= 15 is 0 Å². The zero-order valence-electron chi connectivity index (χ0n) is 14.8. The fourth-order valence-corrected chi connectivity index (χ4v) is 3.53. The first-order valence-corrected chi connectivity index (χ1v) is 8.86. The van der Waals surface area contributed by atoms with Crippen LogP contribution in [0.4, 0.5) is 4.79 Å². The summed E-state index contributed by atoms with van der Waals surface area (Å²) >= 11 is 12.8. The molecule has 27 heavy (non-hydrogen) atoms. The van der Waals surface area contributed by atoms with Crippen LogP contribution in [0, 0.1) is 6.92 Å². The molecule has 3 N–H and O–H groups in total. The first-order chi connectivity index (χ1) is 12.7. The molecule has 6 nitrogen and oxygen atoms in total. The molecular formula is C19H17Cl2NO5. The van der Waals surface area contributed by atoms with E-state index in [9.17, 15) is 9.90 Å². The van der Waals surface area contributed by atoms with Gasteiger partial charge in [0.05, 0.1) is 15.6 Å². The SMILES string of the molecule is Cc1c(OC(=O)O)[nH]c2cc(Cl)c(Oc3ccc(O)c(C(C)C)c3)c(Cl)c12. The van der Waals surface area contributed by atoms with Gasteiger partial charge in [0.25, 0.3) is 0 Å². The number of hydrogen-bond acceptors (Lipinski definition) is 4. The van der Waals surface area contributed by atoms with Crippen molar-refractivity contribution in [2.75, 3.05) is 0 Å². The van der Waals surface area contributed by atoms with Gasteiger partial charge in [0.2, 0.25) is 5.88 Å². The van der Waals surface area contributed by atoms with Crippen LogP contribution in [-0.4, -0.2) is 21.4 Å². The van der Waals surface area contributed by atoms with E-state index in [4.69, 9.17) is 37.8 Å². The molecule has 0 fully saturated rings. The Morgan fingerprint density at radius 3 is 2.56 bits per heavy atom. The van der Waals surface area contributed by atoms with Gasteiger partial charge in [-0.15, -0.1) is 0 Å². The van der Waals surface area contributed by atoms with Crippen LogP contribution in [0.1, 0.15) is 30.9 Å². The number of nitrogens with one attached hydrogen (secondary N) is 1. The van der Waals surface area contributed by atoms with Crippen molar-refractivity contribution in [3.63, 3.8) is 0 Å². The Bertz CT molecular complexity index is 1040. The number of aromatic nitrogens is 1. The zero-order chi connectivity index (χ0) is 19.9. The number of benzene rings is 2. The van der Waals surface area contributed by atoms with Crippen LogP contribution < -0.4 is 9.47 Å². The zero-order valence-corrected chi connectivity index (χ0v) is 16.3. The third-order valence-electron chi connectivity index (χ3n) is 4.17. The summed E-state index contributed by atoms with van der Waals surface area (Å²) < 4.78 is 10.6. The van der Waals surface area contributed by atoms with E-state index < -0.39 is 6.16 Å². The maximum atomic E-state index is 10.8. The Labute approximate surface area is 165 Å². The van der Waals surface area contributed by atoms with Gasteiger partial charge in [-0.2, -0.15) is 0 Å². The van der Waals surface area contributed by atoms with Gasteiger partial charge in [-0.25, -0.2) is 4.79 Å². The highest BCUT2D eigenvalue weighted by molar-refractivity contribution is 6.41. The topological polar surface area (TPSA) is 91.8 Å². The summed E-state index contributed by atoms with van der Waals surface area (Å²) in [6.45, 7) is 5.59. The smallest absolute Gasteiger partial charge is 0.508 e. The number of ether oxygens (including phenoxy) is 2. The molecule has 0 aliphatic heterocycles. The van der Waals surface area contributed by atoms with Gasteiger partial charge in [-0.1, -0.05) is 37.0 Å². The molecule has 0 atom stereocenters. The molecule has 8 heteroatoms. The minimum absolute atomic E-state index is 0.0688. The van der Waals surface area contributed by atoms with Crippen LogP contribution in [0.3, 0.4) is 0 Å². The first-order valence-electron chi connectivity index (χ1n) is 8.10. The number of phenolic OH excluding ortho intramolecular Hbond substituents is 1. The highest BCUT2D eigenvalue weighted by Gasteiger charge is 2.21. The molecular weight excluding hydrogens is 393 g/mol. The third kappa shape index (κ3) is 3.63. The summed E-state index contributed by atoms with van der Waals surface area (Å²) in [5.74, 6) is 1.05. The summed E-state index contributed by atoms with van der Waals surface area (Å²) in [6.07, 6.45) is -1.44. The average molecular weight is 410 g/mol. The lowest BCUT2D eigenvalue weighted by molar-refractivity contribution is 0.142. The Hall–Kier alpha value is -2.57. The molecule has 2 aromatic carbocycles.